The van der Waals surface area contributed by atoms with Crippen LogP contribution >= 0.6 is 0 Å². The molecule has 0 heterocycles. The smallest absolute Gasteiger partial charge is 0.312 e. The third-order valence-electron chi connectivity index (χ3n) is 1.85. The molecule has 0 bridgehead atoms. The predicted octanol–water partition coefficient (Wildman–Crippen LogP) is -0.414. The van der Waals surface area contributed by atoms with Crippen LogP contribution in [-0.4, -0.2) is 25.1 Å². The molecule has 0 saturated heterocycles. The first-order valence-electron chi connectivity index (χ1n) is 5.09. The van der Waals surface area contributed by atoms with Gasteiger partial charge in [0.15, 0.2) is 0 Å². The number of para-hydroxylation sites is 1. The van der Waals surface area contributed by atoms with Gasteiger partial charge in [-0.2, -0.15) is 0 Å². The Kier molecular flexibility index (Phi) is 5.32. The van der Waals surface area contributed by atoms with Crippen LogP contribution in [0, 0.1) is 0 Å². The number of hydrogen-bond acceptors (Lipinski definition) is 3. The largest absolute Gasteiger partial charge is 0.352 e. The summed E-state index contributed by atoms with van der Waals surface area (Å²) in [4.78, 5) is 14.5. The highest BCUT2D eigenvalue weighted by Crippen LogP contribution is 2.03. The number of amides is 2. The van der Waals surface area contributed by atoms with E-state index in [2.05, 4.69) is 21.1 Å². The molecule has 0 aromatic heterocycles. The zero-order valence-corrected chi connectivity index (χ0v) is 9.31. The molecule has 92 valence electrons. The van der Waals surface area contributed by atoms with Gasteiger partial charge >= 0.3 is 6.03 Å². The van der Waals surface area contributed by atoms with E-state index in [1.54, 1.807) is 0 Å². The number of urea groups is 1. The number of carbonyl (C=O) groups is 1. The van der Waals surface area contributed by atoms with Gasteiger partial charge in [-0.25, -0.2) is 10.6 Å². The molecule has 7 N–H and O–H groups in total. The van der Waals surface area contributed by atoms with Crippen molar-refractivity contribution in [3.05, 3.63) is 30.3 Å². The molecular formula is C10H16N6O. The van der Waals surface area contributed by atoms with Crippen LogP contribution in [0.15, 0.2) is 35.3 Å². The Morgan fingerprint density at radius 1 is 1.29 bits per heavy atom. The Bertz CT molecular complexity index is 378. The number of primary amides is 1. The van der Waals surface area contributed by atoms with Crippen LogP contribution in [0.5, 0.6) is 0 Å². The Hall–Kier alpha value is -2.28. The van der Waals surface area contributed by atoms with Crippen LogP contribution in [0.25, 0.3) is 0 Å². The number of guanidine groups is 1. The zero-order chi connectivity index (χ0) is 12.5. The Balaban J connectivity index is 2.42. The monoisotopic (exact) mass is 236 g/mol. The van der Waals surface area contributed by atoms with Crippen molar-refractivity contribution < 1.29 is 4.79 Å². The molecule has 2 amide bonds. The zero-order valence-electron chi connectivity index (χ0n) is 9.31. The third-order valence-corrected chi connectivity index (χ3v) is 1.85. The van der Waals surface area contributed by atoms with E-state index in [0.29, 0.717) is 19.0 Å². The van der Waals surface area contributed by atoms with E-state index in [0.717, 1.165) is 5.69 Å². The molecular weight excluding hydrogens is 220 g/mol. The van der Waals surface area contributed by atoms with Gasteiger partial charge in [-0.05, 0) is 12.1 Å². The lowest BCUT2D eigenvalue weighted by Crippen LogP contribution is -2.37. The fraction of sp³-hybridized carbons (Fsp3) is 0.200. The van der Waals surface area contributed by atoms with Crippen molar-refractivity contribution in [2.75, 3.05) is 18.4 Å². The summed E-state index contributed by atoms with van der Waals surface area (Å²) in [5, 5.41) is 5.41. The number of nitrogens with two attached hydrogens (primary N) is 2. The lowest BCUT2D eigenvalue weighted by Gasteiger charge is -2.08. The summed E-state index contributed by atoms with van der Waals surface area (Å²) in [5.74, 6) is 5.73. The van der Waals surface area contributed by atoms with Gasteiger partial charge in [0.2, 0.25) is 5.96 Å². The van der Waals surface area contributed by atoms with E-state index >= 15 is 0 Å². The maximum Gasteiger partial charge on any atom is 0.312 e. The minimum Gasteiger partial charge on any atom is -0.352 e. The number of nitrogens with zero attached hydrogens (tertiary/aromatic N) is 1. The number of carbonyl (C=O) groups excluding carboxylic acids is 1. The number of anilines is 1. The summed E-state index contributed by atoms with van der Waals surface area (Å²) < 4.78 is 0. The summed E-state index contributed by atoms with van der Waals surface area (Å²) >= 11 is 0. The lowest BCUT2D eigenvalue weighted by molar-refractivity contribution is 0.249. The molecule has 0 fully saturated rings. The summed E-state index contributed by atoms with van der Waals surface area (Å²) in [7, 11) is 0. The Morgan fingerprint density at radius 2 is 2.00 bits per heavy atom. The van der Waals surface area contributed by atoms with E-state index in [-0.39, 0.29) is 0 Å². The van der Waals surface area contributed by atoms with Crippen LogP contribution in [0.1, 0.15) is 0 Å². The Labute approximate surface area is 99.2 Å². The van der Waals surface area contributed by atoms with Gasteiger partial charge in [0.1, 0.15) is 0 Å². The molecule has 0 aliphatic rings. The van der Waals surface area contributed by atoms with E-state index < -0.39 is 6.03 Å². The maximum atomic E-state index is 10.4. The van der Waals surface area contributed by atoms with Gasteiger partial charge in [-0.15, -0.1) is 0 Å². The van der Waals surface area contributed by atoms with Gasteiger partial charge in [-0.3, -0.25) is 10.4 Å². The Morgan fingerprint density at radius 3 is 2.59 bits per heavy atom. The van der Waals surface area contributed by atoms with E-state index in [9.17, 15) is 4.79 Å². The number of nitrogens with one attached hydrogen (secondary N) is 3. The highest BCUT2D eigenvalue weighted by molar-refractivity contribution is 5.93. The number of aliphatic imine (C=N–C) groups is 1. The number of hydrogen-bond donors (Lipinski definition) is 5. The summed E-state index contributed by atoms with van der Waals surface area (Å²) in [6.45, 7) is 0.735. The number of hydrazine groups is 1. The minimum absolute atomic E-state index is 0.358. The standard InChI is InChI=1S/C10H16N6O/c11-9(17)13-6-7-14-10(16-12)15-8-4-2-1-3-5-8/h1-5H,6-7,12H2,(H3,11,13,17)(H2,14,15,16). The number of rotatable bonds is 4. The third kappa shape index (κ3) is 5.38. The van der Waals surface area contributed by atoms with Crippen LogP contribution < -0.4 is 27.6 Å². The molecule has 17 heavy (non-hydrogen) atoms. The van der Waals surface area contributed by atoms with E-state index in [1.807, 2.05) is 30.3 Å². The second-order valence-corrected chi connectivity index (χ2v) is 3.16. The van der Waals surface area contributed by atoms with Gasteiger partial charge < -0.3 is 16.4 Å². The highest BCUT2D eigenvalue weighted by atomic mass is 16.2. The normalized spacial score (nSPS) is 10.8. The van der Waals surface area contributed by atoms with Crippen LogP contribution in [0.2, 0.25) is 0 Å². The summed E-state index contributed by atoms with van der Waals surface area (Å²) in [6, 6.07) is 8.90. The van der Waals surface area contributed by atoms with Crippen molar-refractivity contribution in [2.24, 2.45) is 16.6 Å². The van der Waals surface area contributed by atoms with E-state index in [4.69, 9.17) is 11.6 Å². The molecule has 0 radical (unpaired) electrons. The SMILES string of the molecule is NNC(=NCCNC(N)=O)Nc1ccccc1. The topological polar surface area (TPSA) is 118 Å². The van der Waals surface area contributed by atoms with Crippen molar-refractivity contribution >= 4 is 17.7 Å². The fourth-order valence-electron chi connectivity index (χ4n) is 1.13. The first-order valence-corrected chi connectivity index (χ1v) is 5.09. The minimum atomic E-state index is -0.571. The average molecular weight is 236 g/mol. The van der Waals surface area contributed by atoms with Gasteiger partial charge in [0.25, 0.3) is 0 Å². The molecule has 7 heteroatoms. The predicted molar refractivity (Wildman–Crippen MR) is 67.3 cm³/mol. The second-order valence-electron chi connectivity index (χ2n) is 3.16. The maximum absolute atomic E-state index is 10.4. The average Bonchev–Trinajstić information content (AvgIpc) is 2.34. The van der Waals surface area contributed by atoms with Gasteiger partial charge in [-0.1, -0.05) is 18.2 Å². The van der Waals surface area contributed by atoms with Crippen molar-refractivity contribution in [3.8, 4) is 0 Å². The molecule has 0 saturated carbocycles. The summed E-state index contributed by atoms with van der Waals surface area (Å²) in [6.07, 6.45) is 0. The van der Waals surface area contributed by atoms with Crippen LogP contribution in [0.3, 0.4) is 0 Å². The quantitative estimate of drug-likeness (QED) is 0.160. The summed E-state index contributed by atoms with van der Waals surface area (Å²) in [5.41, 5.74) is 8.21. The number of benzene rings is 1. The molecule has 0 aliphatic heterocycles. The molecule has 0 unspecified atom stereocenters. The van der Waals surface area contributed by atoms with Gasteiger partial charge in [0, 0.05) is 12.2 Å². The molecule has 1 aromatic rings. The molecule has 1 aromatic carbocycles. The second kappa shape index (κ2) is 7.07. The first-order chi connectivity index (χ1) is 8.22. The lowest BCUT2D eigenvalue weighted by atomic mass is 10.3. The van der Waals surface area contributed by atoms with Crippen molar-refractivity contribution in [2.45, 2.75) is 0 Å². The van der Waals surface area contributed by atoms with Crippen LogP contribution in [-0.2, 0) is 0 Å². The van der Waals surface area contributed by atoms with Gasteiger partial charge in [0.05, 0.1) is 6.54 Å². The fourth-order valence-corrected chi connectivity index (χ4v) is 1.13. The molecule has 7 nitrogen and oxygen atoms in total. The van der Waals surface area contributed by atoms with E-state index in [1.165, 1.54) is 0 Å². The van der Waals surface area contributed by atoms with Crippen molar-refractivity contribution in [3.63, 3.8) is 0 Å². The molecule has 0 aliphatic carbocycles. The van der Waals surface area contributed by atoms with Crippen LogP contribution in [0.4, 0.5) is 10.5 Å². The van der Waals surface area contributed by atoms with Crippen molar-refractivity contribution in [1.29, 1.82) is 0 Å². The molecule has 0 spiro atoms. The molecule has 0 atom stereocenters. The van der Waals surface area contributed by atoms with Crippen molar-refractivity contribution in [1.82, 2.24) is 10.7 Å². The first kappa shape index (κ1) is 12.8. The molecule has 1 rings (SSSR count). The highest BCUT2D eigenvalue weighted by Gasteiger charge is 1.96.